The molecular formula is C14H23ClN4. The molecule has 0 amide bonds. The standard InChI is InChI=1S/C14H23ClN4/c1-11-5-2-3-9-19(11)10-4-8-17-14-12(16)6-7-13(15)18-14/h6-7,11H,2-5,8-10,16H2,1H3,(H,17,18). The Balaban J connectivity index is 1.73. The van der Waals surface area contributed by atoms with Crippen LogP contribution in [0.4, 0.5) is 11.5 Å². The van der Waals surface area contributed by atoms with Gasteiger partial charge in [0.2, 0.25) is 0 Å². The summed E-state index contributed by atoms with van der Waals surface area (Å²) in [5, 5.41) is 3.73. The van der Waals surface area contributed by atoms with Gasteiger partial charge in [-0.3, -0.25) is 0 Å². The molecule has 1 aliphatic heterocycles. The van der Waals surface area contributed by atoms with Crippen LogP contribution in [0.5, 0.6) is 0 Å². The second-order valence-electron chi connectivity index (χ2n) is 5.23. The molecule has 0 aromatic carbocycles. The van der Waals surface area contributed by atoms with Crippen LogP contribution in [0.3, 0.4) is 0 Å². The van der Waals surface area contributed by atoms with E-state index in [1.807, 2.05) is 0 Å². The van der Waals surface area contributed by atoms with Gasteiger partial charge in [-0.25, -0.2) is 4.98 Å². The number of nitrogen functional groups attached to an aromatic ring is 1. The Morgan fingerprint density at radius 2 is 2.32 bits per heavy atom. The third kappa shape index (κ3) is 4.25. The van der Waals surface area contributed by atoms with Gasteiger partial charge in [-0.05, 0) is 44.9 Å². The van der Waals surface area contributed by atoms with E-state index in [-0.39, 0.29) is 0 Å². The van der Waals surface area contributed by atoms with E-state index in [1.54, 1.807) is 12.1 Å². The van der Waals surface area contributed by atoms with Gasteiger partial charge in [-0.15, -0.1) is 0 Å². The highest BCUT2D eigenvalue weighted by molar-refractivity contribution is 6.29. The van der Waals surface area contributed by atoms with Crippen LogP contribution >= 0.6 is 11.6 Å². The fourth-order valence-electron chi connectivity index (χ4n) is 2.57. The van der Waals surface area contributed by atoms with Gasteiger partial charge in [-0.1, -0.05) is 18.0 Å². The highest BCUT2D eigenvalue weighted by Crippen LogP contribution is 2.19. The van der Waals surface area contributed by atoms with E-state index in [0.717, 1.165) is 25.6 Å². The van der Waals surface area contributed by atoms with Crippen molar-refractivity contribution in [2.24, 2.45) is 0 Å². The Labute approximate surface area is 120 Å². The molecule has 19 heavy (non-hydrogen) atoms. The second-order valence-corrected chi connectivity index (χ2v) is 5.62. The van der Waals surface area contributed by atoms with Crippen LogP contribution < -0.4 is 11.1 Å². The maximum absolute atomic E-state index is 5.86. The summed E-state index contributed by atoms with van der Waals surface area (Å²) in [6, 6.07) is 4.21. The van der Waals surface area contributed by atoms with Crippen molar-refractivity contribution >= 4 is 23.1 Å². The van der Waals surface area contributed by atoms with E-state index >= 15 is 0 Å². The van der Waals surface area contributed by atoms with Gasteiger partial charge in [0.1, 0.15) is 5.15 Å². The summed E-state index contributed by atoms with van der Waals surface area (Å²) in [5.74, 6) is 0.694. The Morgan fingerprint density at radius 3 is 3.11 bits per heavy atom. The Bertz CT molecular complexity index is 410. The third-order valence-electron chi connectivity index (χ3n) is 3.75. The summed E-state index contributed by atoms with van der Waals surface area (Å²) in [6.45, 7) is 5.57. The van der Waals surface area contributed by atoms with Gasteiger partial charge in [0.25, 0.3) is 0 Å². The van der Waals surface area contributed by atoms with Crippen LogP contribution in [0.1, 0.15) is 32.6 Å². The van der Waals surface area contributed by atoms with Crippen molar-refractivity contribution in [3.63, 3.8) is 0 Å². The minimum atomic E-state index is 0.473. The minimum absolute atomic E-state index is 0.473. The molecule has 1 aromatic heterocycles. The van der Waals surface area contributed by atoms with E-state index in [4.69, 9.17) is 17.3 Å². The molecule has 0 saturated carbocycles. The summed E-state index contributed by atoms with van der Waals surface area (Å²) < 4.78 is 0. The van der Waals surface area contributed by atoms with E-state index in [1.165, 1.54) is 25.8 Å². The number of nitrogens with one attached hydrogen (secondary N) is 1. The third-order valence-corrected chi connectivity index (χ3v) is 3.96. The number of likely N-dealkylation sites (tertiary alicyclic amines) is 1. The van der Waals surface area contributed by atoms with Gasteiger partial charge in [0.05, 0.1) is 5.69 Å². The number of nitrogens with two attached hydrogens (primary N) is 1. The molecule has 0 radical (unpaired) electrons. The highest BCUT2D eigenvalue weighted by atomic mass is 35.5. The van der Waals surface area contributed by atoms with Crippen molar-refractivity contribution in [1.29, 1.82) is 0 Å². The molecule has 1 unspecified atom stereocenters. The predicted octanol–water partition coefficient (Wildman–Crippen LogP) is 2.99. The Morgan fingerprint density at radius 1 is 1.47 bits per heavy atom. The van der Waals surface area contributed by atoms with Crippen LogP contribution in [0.25, 0.3) is 0 Å². The fraction of sp³-hybridized carbons (Fsp3) is 0.643. The number of pyridine rings is 1. The van der Waals surface area contributed by atoms with Gasteiger partial charge in [0, 0.05) is 19.1 Å². The fourth-order valence-corrected chi connectivity index (χ4v) is 2.71. The lowest BCUT2D eigenvalue weighted by atomic mass is 10.0. The molecule has 0 aliphatic carbocycles. The zero-order valence-corrected chi connectivity index (χ0v) is 12.3. The monoisotopic (exact) mass is 282 g/mol. The van der Waals surface area contributed by atoms with E-state index < -0.39 is 0 Å². The van der Waals surface area contributed by atoms with Gasteiger partial charge in [-0.2, -0.15) is 0 Å². The smallest absolute Gasteiger partial charge is 0.150 e. The van der Waals surface area contributed by atoms with Gasteiger partial charge >= 0.3 is 0 Å². The van der Waals surface area contributed by atoms with Crippen LogP contribution in [0.15, 0.2) is 12.1 Å². The number of aromatic nitrogens is 1. The molecule has 0 bridgehead atoms. The van der Waals surface area contributed by atoms with Crippen molar-refractivity contribution in [3.05, 3.63) is 17.3 Å². The molecule has 106 valence electrons. The average Bonchev–Trinajstić information content (AvgIpc) is 2.40. The van der Waals surface area contributed by atoms with Crippen LogP contribution in [0, 0.1) is 0 Å². The van der Waals surface area contributed by atoms with Crippen molar-refractivity contribution < 1.29 is 0 Å². The average molecular weight is 283 g/mol. The topological polar surface area (TPSA) is 54.2 Å². The summed E-state index contributed by atoms with van der Waals surface area (Å²) in [5.41, 5.74) is 6.49. The summed E-state index contributed by atoms with van der Waals surface area (Å²) in [4.78, 5) is 6.76. The number of nitrogens with zero attached hydrogens (tertiary/aromatic N) is 2. The lowest BCUT2D eigenvalue weighted by molar-refractivity contribution is 0.160. The first-order valence-corrected chi connectivity index (χ1v) is 7.44. The van der Waals surface area contributed by atoms with Gasteiger partial charge in [0.15, 0.2) is 5.82 Å². The molecular weight excluding hydrogens is 260 g/mol. The summed E-state index contributed by atoms with van der Waals surface area (Å²) in [6.07, 6.45) is 5.13. The molecule has 3 N–H and O–H groups in total. The summed E-state index contributed by atoms with van der Waals surface area (Å²) >= 11 is 5.86. The largest absolute Gasteiger partial charge is 0.396 e. The zero-order chi connectivity index (χ0) is 13.7. The maximum Gasteiger partial charge on any atom is 0.150 e. The van der Waals surface area contributed by atoms with E-state index in [0.29, 0.717) is 16.7 Å². The molecule has 0 spiro atoms. The van der Waals surface area contributed by atoms with E-state index in [9.17, 15) is 0 Å². The first kappa shape index (κ1) is 14.4. The highest BCUT2D eigenvalue weighted by Gasteiger charge is 2.17. The number of rotatable bonds is 5. The molecule has 1 fully saturated rings. The van der Waals surface area contributed by atoms with Crippen molar-refractivity contribution in [3.8, 4) is 0 Å². The Kier molecular flexibility index (Phi) is 5.28. The quantitative estimate of drug-likeness (QED) is 0.644. The molecule has 1 atom stereocenters. The maximum atomic E-state index is 5.86. The van der Waals surface area contributed by atoms with Crippen molar-refractivity contribution in [2.45, 2.75) is 38.6 Å². The first-order chi connectivity index (χ1) is 9.16. The lowest BCUT2D eigenvalue weighted by Gasteiger charge is -2.33. The lowest BCUT2D eigenvalue weighted by Crippen LogP contribution is -2.38. The Hall–Kier alpha value is -1.00. The molecule has 1 saturated heterocycles. The van der Waals surface area contributed by atoms with Crippen LogP contribution in [-0.4, -0.2) is 35.6 Å². The van der Waals surface area contributed by atoms with Gasteiger partial charge < -0.3 is 16.0 Å². The molecule has 1 aliphatic rings. The number of hydrogen-bond acceptors (Lipinski definition) is 4. The number of halogens is 1. The van der Waals surface area contributed by atoms with Crippen molar-refractivity contribution in [2.75, 3.05) is 30.7 Å². The zero-order valence-electron chi connectivity index (χ0n) is 11.5. The number of piperidine rings is 1. The molecule has 5 heteroatoms. The van der Waals surface area contributed by atoms with Crippen LogP contribution in [-0.2, 0) is 0 Å². The molecule has 2 rings (SSSR count). The number of anilines is 2. The summed E-state index contributed by atoms with van der Waals surface area (Å²) in [7, 11) is 0. The second kappa shape index (κ2) is 6.96. The molecule has 1 aromatic rings. The van der Waals surface area contributed by atoms with Crippen LogP contribution in [0.2, 0.25) is 5.15 Å². The minimum Gasteiger partial charge on any atom is -0.396 e. The number of hydrogen-bond donors (Lipinski definition) is 2. The normalized spacial score (nSPS) is 20.4. The molecule has 4 nitrogen and oxygen atoms in total. The van der Waals surface area contributed by atoms with E-state index in [2.05, 4.69) is 22.1 Å². The SMILES string of the molecule is CC1CCCCN1CCCNc1nc(Cl)ccc1N. The van der Waals surface area contributed by atoms with Crippen molar-refractivity contribution in [1.82, 2.24) is 9.88 Å². The molecule has 2 heterocycles. The predicted molar refractivity (Wildman–Crippen MR) is 81.7 cm³/mol. The first-order valence-electron chi connectivity index (χ1n) is 7.07.